The number of imidazole rings is 1. The number of fused-ring (bicyclic) bond motifs is 1. The van der Waals surface area contributed by atoms with Gasteiger partial charge in [0, 0.05) is 10.5 Å². The van der Waals surface area contributed by atoms with Gasteiger partial charge in [-0.1, -0.05) is 29.3 Å². The SMILES string of the molecule is CC1CCCC1n1c(N)nc2cc(Br)ccc21. The standard InChI is InChI=1S/C13H16BrN3/c1-8-3-2-4-11(8)17-12-6-5-9(14)7-10(12)16-13(17)15/h5-8,11H,2-4H2,1H3,(H2,15,16). The Balaban J connectivity index is 2.18. The van der Waals surface area contributed by atoms with Crippen LogP contribution in [0.2, 0.25) is 0 Å². The van der Waals surface area contributed by atoms with E-state index in [4.69, 9.17) is 5.73 Å². The highest BCUT2D eigenvalue weighted by atomic mass is 79.9. The summed E-state index contributed by atoms with van der Waals surface area (Å²) in [7, 11) is 0. The van der Waals surface area contributed by atoms with Gasteiger partial charge in [-0.15, -0.1) is 0 Å². The molecule has 1 aliphatic carbocycles. The van der Waals surface area contributed by atoms with Crippen molar-refractivity contribution in [2.75, 3.05) is 5.73 Å². The Hall–Kier alpha value is -1.03. The van der Waals surface area contributed by atoms with Gasteiger partial charge in [-0.25, -0.2) is 4.98 Å². The number of nitrogens with zero attached hydrogens (tertiary/aromatic N) is 2. The highest BCUT2D eigenvalue weighted by Crippen LogP contribution is 2.39. The van der Waals surface area contributed by atoms with E-state index in [2.05, 4.69) is 44.5 Å². The van der Waals surface area contributed by atoms with E-state index >= 15 is 0 Å². The van der Waals surface area contributed by atoms with Gasteiger partial charge in [0.25, 0.3) is 0 Å². The largest absolute Gasteiger partial charge is 0.369 e. The molecule has 2 N–H and O–H groups in total. The van der Waals surface area contributed by atoms with Crippen molar-refractivity contribution in [3.8, 4) is 0 Å². The van der Waals surface area contributed by atoms with Crippen molar-refractivity contribution >= 4 is 32.9 Å². The lowest BCUT2D eigenvalue weighted by atomic mass is 10.1. The second-order valence-corrected chi connectivity index (χ2v) is 5.86. The summed E-state index contributed by atoms with van der Waals surface area (Å²) in [5.74, 6) is 1.34. The molecule has 0 spiro atoms. The molecule has 1 aliphatic rings. The summed E-state index contributed by atoms with van der Waals surface area (Å²) in [6.45, 7) is 2.31. The zero-order chi connectivity index (χ0) is 12.0. The van der Waals surface area contributed by atoms with Crippen LogP contribution in [0, 0.1) is 5.92 Å². The normalized spacial score (nSPS) is 24.6. The van der Waals surface area contributed by atoms with Crippen molar-refractivity contribution in [2.24, 2.45) is 5.92 Å². The van der Waals surface area contributed by atoms with Crippen molar-refractivity contribution in [2.45, 2.75) is 32.2 Å². The van der Waals surface area contributed by atoms with Gasteiger partial charge in [-0.2, -0.15) is 0 Å². The quantitative estimate of drug-likeness (QED) is 0.870. The van der Waals surface area contributed by atoms with E-state index < -0.39 is 0 Å². The minimum Gasteiger partial charge on any atom is -0.369 e. The number of anilines is 1. The monoisotopic (exact) mass is 293 g/mol. The molecule has 4 heteroatoms. The van der Waals surface area contributed by atoms with Crippen LogP contribution >= 0.6 is 15.9 Å². The molecule has 90 valence electrons. The second-order valence-electron chi connectivity index (χ2n) is 4.95. The number of nitrogens with two attached hydrogens (primary N) is 1. The number of benzene rings is 1. The van der Waals surface area contributed by atoms with Crippen LogP contribution in [0.15, 0.2) is 22.7 Å². The fourth-order valence-corrected chi connectivity index (χ4v) is 3.30. The molecular weight excluding hydrogens is 278 g/mol. The fraction of sp³-hybridized carbons (Fsp3) is 0.462. The maximum Gasteiger partial charge on any atom is 0.201 e. The lowest BCUT2D eigenvalue weighted by Crippen LogP contribution is -2.14. The molecule has 0 saturated heterocycles. The minimum atomic E-state index is 0.515. The van der Waals surface area contributed by atoms with Crippen molar-refractivity contribution < 1.29 is 0 Å². The molecule has 0 aliphatic heterocycles. The summed E-state index contributed by atoms with van der Waals surface area (Å²) in [6, 6.07) is 6.70. The second kappa shape index (κ2) is 4.02. The first kappa shape index (κ1) is 11.1. The maximum absolute atomic E-state index is 6.08. The smallest absolute Gasteiger partial charge is 0.201 e. The Morgan fingerprint density at radius 2 is 2.24 bits per heavy atom. The molecule has 3 nitrogen and oxygen atoms in total. The van der Waals surface area contributed by atoms with Gasteiger partial charge < -0.3 is 10.3 Å². The lowest BCUT2D eigenvalue weighted by Gasteiger charge is -2.19. The van der Waals surface area contributed by atoms with E-state index in [1.807, 2.05) is 6.07 Å². The molecule has 1 aromatic carbocycles. The molecule has 0 bridgehead atoms. The molecule has 0 radical (unpaired) electrons. The molecule has 17 heavy (non-hydrogen) atoms. The van der Waals surface area contributed by atoms with E-state index in [-0.39, 0.29) is 0 Å². The van der Waals surface area contributed by atoms with Gasteiger partial charge in [-0.05, 0) is 37.0 Å². The zero-order valence-corrected chi connectivity index (χ0v) is 11.4. The van der Waals surface area contributed by atoms with Gasteiger partial charge in [0.2, 0.25) is 5.95 Å². The molecule has 1 saturated carbocycles. The van der Waals surface area contributed by atoms with E-state index in [9.17, 15) is 0 Å². The number of aromatic nitrogens is 2. The van der Waals surface area contributed by atoms with Crippen molar-refractivity contribution in [1.82, 2.24) is 9.55 Å². The van der Waals surface area contributed by atoms with Crippen LogP contribution in [-0.4, -0.2) is 9.55 Å². The Bertz CT molecular complexity index is 561. The maximum atomic E-state index is 6.08. The van der Waals surface area contributed by atoms with Crippen molar-refractivity contribution in [3.63, 3.8) is 0 Å². The van der Waals surface area contributed by atoms with Crippen LogP contribution < -0.4 is 5.73 Å². The Labute approximate surface area is 109 Å². The summed E-state index contributed by atoms with van der Waals surface area (Å²) in [5, 5.41) is 0. The summed E-state index contributed by atoms with van der Waals surface area (Å²) in [4.78, 5) is 4.46. The predicted molar refractivity (Wildman–Crippen MR) is 73.9 cm³/mol. The molecule has 0 amide bonds. The molecule has 2 atom stereocenters. The number of nitrogen functional groups attached to an aromatic ring is 1. The van der Waals surface area contributed by atoms with Crippen LogP contribution in [0.1, 0.15) is 32.2 Å². The van der Waals surface area contributed by atoms with Crippen LogP contribution in [0.5, 0.6) is 0 Å². The summed E-state index contributed by atoms with van der Waals surface area (Å²) in [5.41, 5.74) is 8.22. The van der Waals surface area contributed by atoms with Crippen LogP contribution in [0.3, 0.4) is 0 Å². The molecule has 1 heterocycles. The van der Waals surface area contributed by atoms with Gasteiger partial charge in [-0.3, -0.25) is 0 Å². The van der Waals surface area contributed by atoms with Gasteiger partial charge in [0.15, 0.2) is 0 Å². The first-order valence-corrected chi connectivity index (χ1v) is 6.89. The van der Waals surface area contributed by atoms with Gasteiger partial charge in [0.05, 0.1) is 11.0 Å². The van der Waals surface area contributed by atoms with Gasteiger partial charge in [0.1, 0.15) is 0 Å². The summed E-state index contributed by atoms with van der Waals surface area (Å²) < 4.78 is 3.27. The van der Waals surface area contributed by atoms with Crippen molar-refractivity contribution in [3.05, 3.63) is 22.7 Å². The zero-order valence-electron chi connectivity index (χ0n) is 9.86. The Kier molecular flexibility index (Phi) is 2.62. The average Bonchev–Trinajstić information content (AvgIpc) is 2.80. The number of rotatable bonds is 1. The van der Waals surface area contributed by atoms with E-state index in [1.165, 1.54) is 19.3 Å². The third-order valence-electron chi connectivity index (χ3n) is 3.83. The molecule has 3 rings (SSSR count). The number of halogens is 1. The van der Waals surface area contributed by atoms with E-state index in [1.54, 1.807) is 0 Å². The van der Waals surface area contributed by atoms with Crippen LogP contribution in [-0.2, 0) is 0 Å². The minimum absolute atomic E-state index is 0.515. The predicted octanol–water partition coefficient (Wildman–Crippen LogP) is 3.74. The van der Waals surface area contributed by atoms with Crippen LogP contribution in [0.4, 0.5) is 5.95 Å². The lowest BCUT2D eigenvalue weighted by molar-refractivity contribution is 0.421. The summed E-state index contributed by atoms with van der Waals surface area (Å²) in [6.07, 6.45) is 3.80. The molecule has 2 aromatic rings. The van der Waals surface area contributed by atoms with Crippen molar-refractivity contribution in [1.29, 1.82) is 0 Å². The number of hydrogen-bond acceptors (Lipinski definition) is 2. The topological polar surface area (TPSA) is 43.8 Å². The first-order valence-electron chi connectivity index (χ1n) is 6.10. The average molecular weight is 294 g/mol. The third-order valence-corrected chi connectivity index (χ3v) is 4.32. The fourth-order valence-electron chi connectivity index (χ4n) is 2.95. The van der Waals surface area contributed by atoms with E-state index in [0.29, 0.717) is 17.9 Å². The third kappa shape index (κ3) is 1.75. The highest BCUT2D eigenvalue weighted by molar-refractivity contribution is 9.10. The first-order chi connectivity index (χ1) is 8.16. The Morgan fingerprint density at radius 1 is 1.41 bits per heavy atom. The molecule has 1 fully saturated rings. The Morgan fingerprint density at radius 3 is 2.94 bits per heavy atom. The summed E-state index contributed by atoms with van der Waals surface area (Å²) >= 11 is 3.47. The molecule has 2 unspecified atom stereocenters. The highest BCUT2D eigenvalue weighted by Gasteiger charge is 2.27. The molecular formula is C13H16BrN3. The van der Waals surface area contributed by atoms with E-state index in [0.717, 1.165) is 15.5 Å². The molecule has 1 aromatic heterocycles. The number of hydrogen-bond donors (Lipinski definition) is 1. The van der Waals surface area contributed by atoms with Crippen LogP contribution in [0.25, 0.3) is 11.0 Å². The van der Waals surface area contributed by atoms with Gasteiger partial charge >= 0.3 is 0 Å².